The molecular weight excluding hydrogens is 136 g/mol. The largest absolute Gasteiger partial charge is 0.385 e. The van der Waals surface area contributed by atoms with Crippen molar-refractivity contribution in [3.63, 3.8) is 0 Å². The van der Waals surface area contributed by atoms with Crippen LogP contribution in [0.1, 0.15) is 24.0 Å². The average molecular weight is 148 g/mol. The summed E-state index contributed by atoms with van der Waals surface area (Å²) in [5.74, 6) is 0. The summed E-state index contributed by atoms with van der Waals surface area (Å²) in [6.45, 7) is 2.05. The highest BCUT2D eigenvalue weighted by Gasteiger charge is 2.42. The molecule has 0 saturated heterocycles. The average Bonchev–Trinajstić information content (AvgIpc) is 2.70. The highest BCUT2D eigenvalue weighted by Crippen LogP contribution is 2.46. The summed E-state index contributed by atoms with van der Waals surface area (Å²) in [5.41, 5.74) is 1.85. The quantitative estimate of drug-likeness (QED) is 0.645. The molecule has 0 aromatic heterocycles. The molecule has 0 radical (unpaired) electrons. The lowest BCUT2D eigenvalue weighted by Gasteiger charge is -2.10. The summed E-state index contributed by atoms with van der Waals surface area (Å²) in [5, 5.41) is 9.78. The maximum atomic E-state index is 9.78. The molecule has 1 nitrogen and oxygen atoms in total. The molecule has 0 amide bonds. The zero-order chi connectivity index (χ0) is 7.90. The van der Waals surface area contributed by atoms with Crippen LogP contribution in [0, 0.1) is 6.92 Å². The summed E-state index contributed by atoms with van der Waals surface area (Å²) >= 11 is 0. The van der Waals surface area contributed by atoms with Crippen LogP contribution in [-0.4, -0.2) is 5.11 Å². The second kappa shape index (κ2) is 2.08. The van der Waals surface area contributed by atoms with Crippen LogP contribution in [-0.2, 0) is 5.60 Å². The van der Waals surface area contributed by atoms with Gasteiger partial charge in [-0.3, -0.25) is 0 Å². The Morgan fingerprint density at radius 3 is 2.45 bits per heavy atom. The van der Waals surface area contributed by atoms with Crippen molar-refractivity contribution in [1.29, 1.82) is 0 Å². The van der Waals surface area contributed by atoms with Crippen LogP contribution in [0.25, 0.3) is 0 Å². The van der Waals surface area contributed by atoms with E-state index in [1.807, 2.05) is 31.2 Å². The first kappa shape index (κ1) is 6.86. The lowest BCUT2D eigenvalue weighted by Crippen LogP contribution is -2.05. The molecular formula is C10H12O. The van der Waals surface area contributed by atoms with Crippen LogP contribution in [0.5, 0.6) is 0 Å². The van der Waals surface area contributed by atoms with Gasteiger partial charge in [-0.2, -0.15) is 0 Å². The first-order valence-electron chi connectivity index (χ1n) is 4.01. The minimum Gasteiger partial charge on any atom is -0.385 e. The van der Waals surface area contributed by atoms with Crippen LogP contribution in [0.4, 0.5) is 0 Å². The van der Waals surface area contributed by atoms with Crippen molar-refractivity contribution < 1.29 is 5.11 Å². The van der Waals surface area contributed by atoms with E-state index >= 15 is 0 Å². The van der Waals surface area contributed by atoms with Gasteiger partial charge in [-0.25, -0.2) is 0 Å². The lowest BCUT2D eigenvalue weighted by molar-refractivity contribution is 0.151. The van der Waals surface area contributed by atoms with Crippen molar-refractivity contribution in [2.24, 2.45) is 0 Å². The third kappa shape index (κ3) is 1.05. The summed E-state index contributed by atoms with van der Waals surface area (Å²) in [6.07, 6.45) is 1.86. The van der Waals surface area contributed by atoms with Crippen LogP contribution in [0.15, 0.2) is 24.3 Å². The van der Waals surface area contributed by atoms with Crippen molar-refractivity contribution in [3.8, 4) is 0 Å². The zero-order valence-electron chi connectivity index (χ0n) is 6.67. The monoisotopic (exact) mass is 148 g/mol. The molecule has 1 heteroatoms. The van der Waals surface area contributed by atoms with E-state index in [2.05, 4.69) is 0 Å². The molecule has 1 saturated carbocycles. The van der Waals surface area contributed by atoms with Gasteiger partial charge in [-0.05, 0) is 30.9 Å². The molecule has 58 valence electrons. The van der Waals surface area contributed by atoms with Crippen molar-refractivity contribution in [1.82, 2.24) is 0 Å². The fourth-order valence-electron chi connectivity index (χ4n) is 1.48. The van der Waals surface area contributed by atoms with Gasteiger partial charge in [0.15, 0.2) is 0 Å². The Kier molecular flexibility index (Phi) is 1.30. The predicted molar refractivity (Wildman–Crippen MR) is 44.3 cm³/mol. The van der Waals surface area contributed by atoms with Gasteiger partial charge >= 0.3 is 0 Å². The van der Waals surface area contributed by atoms with Gasteiger partial charge in [0.05, 0.1) is 5.60 Å². The number of rotatable bonds is 1. The van der Waals surface area contributed by atoms with Crippen LogP contribution in [0.3, 0.4) is 0 Å². The highest BCUT2D eigenvalue weighted by atomic mass is 16.3. The second-order valence-corrected chi connectivity index (χ2v) is 3.35. The van der Waals surface area contributed by atoms with Crippen molar-refractivity contribution >= 4 is 0 Å². The van der Waals surface area contributed by atoms with Crippen LogP contribution >= 0.6 is 0 Å². The number of hydrogen-bond donors (Lipinski definition) is 1. The van der Waals surface area contributed by atoms with Crippen LogP contribution in [0.2, 0.25) is 0 Å². The van der Waals surface area contributed by atoms with E-state index in [9.17, 15) is 5.11 Å². The summed E-state index contributed by atoms with van der Waals surface area (Å²) in [7, 11) is 0. The molecule has 0 atom stereocenters. The molecule has 2 rings (SSSR count). The molecule has 0 unspecified atom stereocenters. The van der Waals surface area contributed by atoms with Crippen molar-refractivity contribution in [3.05, 3.63) is 35.4 Å². The number of aliphatic hydroxyl groups is 1. The van der Waals surface area contributed by atoms with Gasteiger partial charge < -0.3 is 5.11 Å². The van der Waals surface area contributed by atoms with E-state index in [1.54, 1.807) is 0 Å². The standard InChI is InChI=1S/C10H12O/c1-8-4-2-3-5-9(8)10(11)6-7-10/h2-5,11H,6-7H2,1H3. The number of benzene rings is 1. The van der Waals surface area contributed by atoms with E-state index in [1.165, 1.54) is 5.56 Å². The van der Waals surface area contributed by atoms with Gasteiger partial charge in [0.2, 0.25) is 0 Å². The first-order valence-corrected chi connectivity index (χ1v) is 4.01. The smallest absolute Gasteiger partial charge is 0.0901 e. The summed E-state index contributed by atoms with van der Waals surface area (Å²) in [4.78, 5) is 0. The first-order chi connectivity index (χ1) is 5.22. The molecule has 0 heterocycles. The highest BCUT2D eigenvalue weighted by molar-refractivity contribution is 5.34. The molecule has 0 spiro atoms. The van der Waals surface area contributed by atoms with Crippen molar-refractivity contribution in [2.75, 3.05) is 0 Å². The van der Waals surface area contributed by atoms with E-state index in [0.717, 1.165) is 18.4 Å². The van der Waals surface area contributed by atoms with Crippen LogP contribution < -0.4 is 0 Å². The summed E-state index contributed by atoms with van der Waals surface area (Å²) < 4.78 is 0. The Morgan fingerprint density at radius 2 is 1.91 bits per heavy atom. The van der Waals surface area contributed by atoms with E-state index in [-0.39, 0.29) is 0 Å². The van der Waals surface area contributed by atoms with E-state index in [0.29, 0.717) is 0 Å². The molecule has 1 fully saturated rings. The molecule has 1 aliphatic rings. The third-order valence-electron chi connectivity index (χ3n) is 2.37. The predicted octanol–water partition coefficient (Wildman–Crippen LogP) is 1.98. The Balaban J connectivity index is 2.45. The molecule has 1 N–H and O–H groups in total. The Bertz CT molecular complexity index is 274. The van der Waals surface area contributed by atoms with Crippen molar-refractivity contribution in [2.45, 2.75) is 25.4 Å². The molecule has 1 aliphatic carbocycles. The maximum absolute atomic E-state index is 9.78. The summed E-state index contributed by atoms with van der Waals surface area (Å²) in [6, 6.07) is 8.05. The SMILES string of the molecule is Cc1ccccc1C1(O)CC1. The minimum atomic E-state index is -0.467. The maximum Gasteiger partial charge on any atom is 0.0901 e. The van der Waals surface area contributed by atoms with Gasteiger partial charge in [0, 0.05) is 0 Å². The Labute approximate surface area is 66.7 Å². The number of hydrogen-bond acceptors (Lipinski definition) is 1. The fourth-order valence-corrected chi connectivity index (χ4v) is 1.48. The Morgan fingerprint density at radius 1 is 1.27 bits per heavy atom. The Hall–Kier alpha value is -0.820. The molecule has 1 aromatic carbocycles. The molecule has 0 aliphatic heterocycles. The molecule has 1 aromatic rings. The molecule has 0 bridgehead atoms. The lowest BCUT2D eigenvalue weighted by atomic mass is 10.0. The van der Waals surface area contributed by atoms with E-state index < -0.39 is 5.60 Å². The second-order valence-electron chi connectivity index (χ2n) is 3.35. The normalized spacial score (nSPS) is 19.8. The molecule has 11 heavy (non-hydrogen) atoms. The zero-order valence-corrected chi connectivity index (χ0v) is 6.67. The topological polar surface area (TPSA) is 20.2 Å². The van der Waals surface area contributed by atoms with Gasteiger partial charge in [0.1, 0.15) is 0 Å². The number of aryl methyl sites for hydroxylation is 1. The third-order valence-corrected chi connectivity index (χ3v) is 2.37. The van der Waals surface area contributed by atoms with Gasteiger partial charge in [-0.1, -0.05) is 24.3 Å². The minimum absolute atomic E-state index is 0.467. The van der Waals surface area contributed by atoms with E-state index in [4.69, 9.17) is 0 Å². The van der Waals surface area contributed by atoms with Gasteiger partial charge in [-0.15, -0.1) is 0 Å². The fraction of sp³-hybridized carbons (Fsp3) is 0.400. The van der Waals surface area contributed by atoms with Gasteiger partial charge in [0.25, 0.3) is 0 Å².